The van der Waals surface area contributed by atoms with Gasteiger partial charge in [-0.1, -0.05) is 18.2 Å². The number of anilines is 1. The quantitative estimate of drug-likeness (QED) is 0.690. The van der Waals surface area contributed by atoms with E-state index in [1.165, 1.54) is 0 Å². The van der Waals surface area contributed by atoms with Gasteiger partial charge in [0.25, 0.3) is 5.91 Å². The van der Waals surface area contributed by atoms with Crippen molar-refractivity contribution < 1.29 is 14.3 Å². The van der Waals surface area contributed by atoms with Crippen molar-refractivity contribution in [1.29, 1.82) is 0 Å². The fourth-order valence-corrected chi connectivity index (χ4v) is 4.03. The van der Waals surface area contributed by atoms with Crippen molar-refractivity contribution in [3.05, 3.63) is 59.7 Å². The largest absolute Gasteiger partial charge is 0.497 e. The summed E-state index contributed by atoms with van der Waals surface area (Å²) >= 11 is 0. The van der Waals surface area contributed by atoms with E-state index in [1.807, 2.05) is 59.6 Å². The summed E-state index contributed by atoms with van der Waals surface area (Å²) in [5.41, 5.74) is 2.52. The van der Waals surface area contributed by atoms with Gasteiger partial charge in [-0.05, 0) is 35.9 Å². The third-order valence-electron chi connectivity index (χ3n) is 6.24. The number of hydrogen-bond donors (Lipinski definition) is 1. The molecule has 1 atom stereocenters. The third-order valence-corrected chi connectivity index (χ3v) is 6.24. The van der Waals surface area contributed by atoms with Crippen LogP contribution in [0, 0.1) is 0 Å². The van der Waals surface area contributed by atoms with Crippen LogP contribution in [0.1, 0.15) is 21.8 Å². The topological polar surface area (TPSA) is 89.8 Å². The highest BCUT2D eigenvalue weighted by atomic mass is 16.5. The molecule has 4 rings (SSSR count). The van der Waals surface area contributed by atoms with E-state index >= 15 is 0 Å². The van der Waals surface area contributed by atoms with Crippen LogP contribution in [0.5, 0.6) is 5.75 Å². The number of piperazine rings is 1. The van der Waals surface area contributed by atoms with E-state index in [1.54, 1.807) is 26.1 Å². The van der Waals surface area contributed by atoms with Crippen molar-refractivity contribution in [1.82, 2.24) is 14.7 Å². The Balaban J connectivity index is 1.31. The average Bonchev–Trinajstić information content (AvgIpc) is 2.89. The molecule has 0 saturated carbocycles. The molecule has 1 unspecified atom stereocenters. The molecular weight excluding hydrogens is 444 g/mol. The van der Waals surface area contributed by atoms with E-state index in [2.05, 4.69) is 20.2 Å². The summed E-state index contributed by atoms with van der Waals surface area (Å²) in [6, 6.07) is 15.3. The number of amides is 2. The molecule has 0 spiro atoms. The number of guanidine groups is 1. The van der Waals surface area contributed by atoms with Crippen LogP contribution in [0.25, 0.3) is 0 Å². The Morgan fingerprint density at radius 2 is 1.83 bits per heavy atom. The number of methoxy groups -OCH3 is 1. The van der Waals surface area contributed by atoms with Gasteiger partial charge in [0.2, 0.25) is 11.9 Å². The van der Waals surface area contributed by atoms with Crippen LogP contribution in [0.4, 0.5) is 5.69 Å². The second kappa shape index (κ2) is 11.1. The van der Waals surface area contributed by atoms with E-state index < -0.39 is 0 Å². The van der Waals surface area contributed by atoms with Crippen molar-refractivity contribution in [3.63, 3.8) is 0 Å². The number of nitrogens with zero attached hydrogens (tertiary/aromatic N) is 5. The second-order valence-corrected chi connectivity index (χ2v) is 8.88. The van der Waals surface area contributed by atoms with Crippen LogP contribution in [0.3, 0.4) is 0 Å². The van der Waals surface area contributed by atoms with Gasteiger partial charge in [-0.15, -0.1) is 0 Å². The standard InChI is InChI=1S/C26H32N6O3/c1-30(2)24(33)18-31-11-13-32(14-12-31)25(34)20-5-4-6-22(15-20)29-26-27-16-21(17-28-26)19-7-9-23(35-3)10-8-19/h4-10,15-16,21H,11-14,17-18H2,1-3H3,(H,28,29). The zero-order valence-electron chi connectivity index (χ0n) is 20.5. The van der Waals surface area contributed by atoms with Gasteiger partial charge in [-0.25, -0.2) is 4.99 Å². The maximum atomic E-state index is 13.1. The van der Waals surface area contributed by atoms with Crippen LogP contribution in [0.2, 0.25) is 0 Å². The zero-order valence-corrected chi connectivity index (χ0v) is 20.5. The van der Waals surface area contributed by atoms with E-state index in [4.69, 9.17) is 4.74 Å². The number of aliphatic imine (C=N–C) groups is 2. The molecule has 2 aromatic rings. The molecular formula is C26H32N6O3. The van der Waals surface area contributed by atoms with Crippen molar-refractivity contribution in [3.8, 4) is 5.75 Å². The highest BCUT2D eigenvalue weighted by molar-refractivity contribution is 6.02. The highest BCUT2D eigenvalue weighted by Crippen LogP contribution is 2.21. The fraction of sp³-hybridized carbons (Fsp3) is 0.385. The molecule has 2 heterocycles. The Hall–Kier alpha value is -3.72. The molecule has 0 radical (unpaired) electrons. The first-order valence-electron chi connectivity index (χ1n) is 11.7. The number of benzene rings is 2. The van der Waals surface area contributed by atoms with Crippen molar-refractivity contribution in [2.24, 2.45) is 9.98 Å². The normalized spacial score (nSPS) is 18.1. The molecule has 9 heteroatoms. The molecule has 9 nitrogen and oxygen atoms in total. The lowest BCUT2D eigenvalue weighted by atomic mass is 10.00. The minimum Gasteiger partial charge on any atom is -0.497 e. The van der Waals surface area contributed by atoms with Crippen LogP contribution in [0.15, 0.2) is 58.5 Å². The van der Waals surface area contributed by atoms with Gasteiger partial charge in [0.05, 0.1) is 20.2 Å². The molecule has 1 fully saturated rings. The van der Waals surface area contributed by atoms with Crippen LogP contribution in [-0.2, 0) is 4.79 Å². The lowest BCUT2D eigenvalue weighted by Gasteiger charge is -2.34. The Morgan fingerprint density at radius 1 is 1.09 bits per heavy atom. The second-order valence-electron chi connectivity index (χ2n) is 8.88. The lowest BCUT2D eigenvalue weighted by molar-refractivity contribution is -0.130. The highest BCUT2D eigenvalue weighted by Gasteiger charge is 2.24. The predicted molar refractivity (Wildman–Crippen MR) is 138 cm³/mol. The monoisotopic (exact) mass is 476 g/mol. The number of likely N-dealkylation sites (N-methyl/N-ethyl adjacent to an activating group) is 1. The zero-order chi connectivity index (χ0) is 24.8. The summed E-state index contributed by atoms with van der Waals surface area (Å²) in [6.07, 6.45) is 1.90. The number of nitrogens with one attached hydrogen (secondary N) is 1. The number of ether oxygens (including phenoxy) is 1. The molecule has 0 aromatic heterocycles. The Morgan fingerprint density at radius 3 is 2.46 bits per heavy atom. The SMILES string of the molecule is COc1ccc(C2C=NC(Nc3cccc(C(=O)N4CCN(CC(=O)N(C)C)CC4)c3)=NC2)cc1. The van der Waals surface area contributed by atoms with E-state index in [0.717, 1.165) is 17.0 Å². The number of carbonyl (C=O) groups excluding carboxylic acids is 2. The van der Waals surface area contributed by atoms with Crippen molar-refractivity contribution in [2.75, 3.05) is 65.8 Å². The van der Waals surface area contributed by atoms with Crippen LogP contribution >= 0.6 is 0 Å². The maximum Gasteiger partial charge on any atom is 0.254 e. The van der Waals surface area contributed by atoms with Crippen molar-refractivity contribution >= 4 is 29.7 Å². The molecule has 184 valence electrons. The van der Waals surface area contributed by atoms with E-state index in [0.29, 0.717) is 50.8 Å². The minimum atomic E-state index is -0.0131. The lowest BCUT2D eigenvalue weighted by Crippen LogP contribution is -2.51. The Bertz CT molecular complexity index is 1100. The summed E-state index contributed by atoms with van der Waals surface area (Å²) in [4.78, 5) is 39.6. The van der Waals surface area contributed by atoms with E-state index in [-0.39, 0.29) is 17.7 Å². The summed E-state index contributed by atoms with van der Waals surface area (Å²) in [5, 5.41) is 3.22. The molecule has 2 aromatic carbocycles. The molecule has 0 bridgehead atoms. The molecule has 2 amide bonds. The summed E-state index contributed by atoms with van der Waals surface area (Å²) in [7, 11) is 5.16. The summed E-state index contributed by atoms with van der Waals surface area (Å²) < 4.78 is 5.22. The Kier molecular flexibility index (Phi) is 7.77. The first-order valence-corrected chi connectivity index (χ1v) is 11.7. The third kappa shape index (κ3) is 6.24. The summed E-state index contributed by atoms with van der Waals surface area (Å²) in [5.74, 6) is 1.53. The molecule has 1 N–H and O–H groups in total. The van der Waals surface area contributed by atoms with Gasteiger partial charge in [0.1, 0.15) is 5.75 Å². The van der Waals surface area contributed by atoms with Crippen molar-refractivity contribution in [2.45, 2.75) is 5.92 Å². The molecule has 2 aliphatic rings. The number of hydrogen-bond acceptors (Lipinski definition) is 7. The molecule has 0 aliphatic carbocycles. The van der Waals surface area contributed by atoms with Gasteiger partial charge in [0, 0.05) is 63.7 Å². The minimum absolute atomic E-state index is 0.0131. The molecule has 2 aliphatic heterocycles. The smallest absolute Gasteiger partial charge is 0.254 e. The first-order chi connectivity index (χ1) is 16.9. The van der Waals surface area contributed by atoms with Gasteiger partial charge < -0.3 is 19.9 Å². The molecule has 35 heavy (non-hydrogen) atoms. The van der Waals surface area contributed by atoms with Gasteiger partial charge >= 0.3 is 0 Å². The van der Waals surface area contributed by atoms with Crippen LogP contribution < -0.4 is 10.1 Å². The average molecular weight is 477 g/mol. The predicted octanol–water partition coefficient (Wildman–Crippen LogP) is 2.18. The van der Waals surface area contributed by atoms with Gasteiger partial charge in [0.15, 0.2) is 0 Å². The molecule has 1 saturated heterocycles. The number of carbonyl (C=O) groups is 2. The first kappa shape index (κ1) is 24.4. The van der Waals surface area contributed by atoms with E-state index in [9.17, 15) is 9.59 Å². The van der Waals surface area contributed by atoms with Gasteiger partial charge in [-0.2, -0.15) is 0 Å². The number of rotatable bonds is 6. The Labute approximate surface area is 206 Å². The summed E-state index contributed by atoms with van der Waals surface area (Å²) in [6.45, 7) is 3.55. The fourth-order valence-electron chi connectivity index (χ4n) is 4.03. The maximum absolute atomic E-state index is 13.1. The van der Waals surface area contributed by atoms with Gasteiger partial charge in [-0.3, -0.25) is 19.5 Å². The van der Waals surface area contributed by atoms with Crippen LogP contribution in [-0.4, -0.2) is 99.2 Å².